The summed E-state index contributed by atoms with van der Waals surface area (Å²) in [6, 6.07) is 9.32. The van der Waals surface area contributed by atoms with Crippen LogP contribution >= 0.6 is 0 Å². The minimum absolute atomic E-state index is 0.138. The van der Waals surface area contributed by atoms with Crippen molar-refractivity contribution in [3.8, 4) is 0 Å². The summed E-state index contributed by atoms with van der Waals surface area (Å²) in [5, 5.41) is 0. The smallest absolute Gasteiger partial charge is 0.265 e. The SMILES string of the molecule is CC1(S(=O)(=O)OCc2ccccc2)CC1. The minimum atomic E-state index is -3.38. The van der Waals surface area contributed by atoms with Crippen molar-refractivity contribution in [1.29, 1.82) is 0 Å². The summed E-state index contributed by atoms with van der Waals surface area (Å²) in [6.45, 7) is 1.87. The van der Waals surface area contributed by atoms with Crippen LogP contribution in [0.15, 0.2) is 30.3 Å². The predicted octanol–water partition coefficient (Wildman–Crippen LogP) is 2.09. The molecule has 0 heterocycles. The maximum absolute atomic E-state index is 11.7. The molecule has 0 unspecified atom stereocenters. The highest BCUT2D eigenvalue weighted by atomic mass is 32.2. The number of benzene rings is 1. The highest BCUT2D eigenvalue weighted by Gasteiger charge is 2.51. The Kier molecular flexibility index (Phi) is 2.56. The van der Waals surface area contributed by atoms with Crippen molar-refractivity contribution in [2.24, 2.45) is 0 Å². The molecule has 15 heavy (non-hydrogen) atoms. The third kappa shape index (κ3) is 2.21. The third-order valence-corrected chi connectivity index (χ3v) is 4.82. The molecule has 0 aliphatic heterocycles. The fourth-order valence-corrected chi connectivity index (χ4v) is 2.47. The molecule has 0 radical (unpaired) electrons. The fraction of sp³-hybridized carbons (Fsp3) is 0.455. The van der Waals surface area contributed by atoms with Gasteiger partial charge in [0.05, 0.1) is 11.4 Å². The zero-order valence-corrected chi connectivity index (χ0v) is 9.46. The summed E-state index contributed by atoms with van der Waals surface area (Å²) in [6.07, 6.45) is 1.42. The lowest BCUT2D eigenvalue weighted by molar-refractivity contribution is 0.301. The second-order valence-electron chi connectivity index (χ2n) is 4.15. The lowest BCUT2D eigenvalue weighted by Crippen LogP contribution is -2.21. The molecule has 1 aromatic carbocycles. The Hall–Kier alpha value is -0.870. The summed E-state index contributed by atoms with van der Waals surface area (Å²) in [5.41, 5.74) is 0.880. The van der Waals surface area contributed by atoms with Crippen molar-refractivity contribution in [3.05, 3.63) is 35.9 Å². The molecule has 2 rings (SSSR count). The van der Waals surface area contributed by atoms with E-state index in [4.69, 9.17) is 4.18 Å². The summed E-state index contributed by atoms with van der Waals surface area (Å²) >= 11 is 0. The van der Waals surface area contributed by atoms with Gasteiger partial charge in [-0.2, -0.15) is 8.42 Å². The van der Waals surface area contributed by atoms with Crippen LogP contribution in [0.1, 0.15) is 25.3 Å². The van der Waals surface area contributed by atoms with Gasteiger partial charge in [-0.15, -0.1) is 0 Å². The predicted molar refractivity (Wildman–Crippen MR) is 57.8 cm³/mol. The van der Waals surface area contributed by atoms with Gasteiger partial charge in [-0.05, 0) is 25.3 Å². The van der Waals surface area contributed by atoms with E-state index >= 15 is 0 Å². The molecule has 0 atom stereocenters. The van der Waals surface area contributed by atoms with E-state index in [1.165, 1.54) is 0 Å². The Labute approximate surface area is 90.2 Å². The van der Waals surface area contributed by atoms with E-state index < -0.39 is 14.9 Å². The van der Waals surface area contributed by atoms with Crippen LogP contribution in [0.3, 0.4) is 0 Å². The molecule has 0 spiro atoms. The molecule has 0 bridgehead atoms. The Morgan fingerprint density at radius 1 is 1.27 bits per heavy atom. The molecule has 0 saturated heterocycles. The van der Waals surface area contributed by atoms with Crippen LogP contribution in [-0.2, 0) is 20.9 Å². The van der Waals surface area contributed by atoms with E-state index in [1.807, 2.05) is 30.3 Å². The first-order valence-corrected chi connectivity index (χ1v) is 6.37. The zero-order chi connectivity index (χ0) is 10.9. The van der Waals surface area contributed by atoms with E-state index in [0.717, 1.165) is 5.56 Å². The van der Waals surface area contributed by atoms with E-state index in [-0.39, 0.29) is 6.61 Å². The van der Waals surface area contributed by atoms with Gasteiger partial charge in [-0.1, -0.05) is 30.3 Å². The average Bonchev–Trinajstić information content (AvgIpc) is 2.97. The van der Waals surface area contributed by atoms with Gasteiger partial charge in [-0.3, -0.25) is 4.18 Å². The molecule has 82 valence electrons. The number of hydrogen-bond acceptors (Lipinski definition) is 3. The fourth-order valence-electron chi connectivity index (χ4n) is 1.29. The second kappa shape index (κ2) is 3.61. The van der Waals surface area contributed by atoms with E-state index in [1.54, 1.807) is 6.92 Å². The standard InChI is InChI=1S/C11H14O3S/c1-11(7-8-11)15(12,13)14-9-10-5-3-2-4-6-10/h2-6H,7-9H2,1H3. The van der Waals surface area contributed by atoms with Crippen LogP contribution in [0.25, 0.3) is 0 Å². The average molecular weight is 226 g/mol. The quantitative estimate of drug-likeness (QED) is 0.738. The van der Waals surface area contributed by atoms with Crippen molar-refractivity contribution in [3.63, 3.8) is 0 Å². The lowest BCUT2D eigenvalue weighted by atomic mass is 10.2. The Balaban J connectivity index is 2.00. The first-order valence-electron chi connectivity index (χ1n) is 4.96. The van der Waals surface area contributed by atoms with Crippen LogP contribution in [0.4, 0.5) is 0 Å². The van der Waals surface area contributed by atoms with Gasteiger partial charge in [0.1, 0.15) is 0 Å². The minimum Gasteiger partial charge on any atom is -0.265 e. The zero-order valence-electron chi connectivity index (χ0n) is 8.64. The van der Waals surface area contributed by atoms with E-state index in [2.05, 4.69) is 0 Å². The molecule has 1 saturated carbocycles. The molecule has 0 N–H and O–H groups in total. The molecule has 0 aromatic heterocycles. The largest absolute Gasteiger partial charge is 0.273 e. The van der Waals surface area contributed by atoms with Gasteiger partial charge in [0.25, 0.3) is 10.1 Å². The van der Waals surface area contributed by atoms with Gasteiger partial charge >= 0.3 is 0 Å². The first kappa shape index (κ1) is 10.6. The van der Waals surface area contributed by atoms with Gasteiger partial charge in [0, 0.05) is 0 Å². The second-order valence-corrected chi connectivity index (χ2v) is 6.28. The summed E-state index contributed by atoms with van der Waals surface area (Å²) < 4.78 is 27.7. The maximum atomic E-state index is 11.7. The van der Waals surface area contributed by atoms with Crippen molar-refractivity contribution >= 4 is 10.1 Å². The number of rotatable bonds is 4. The monoisotopic (exact) mass is 226 g/mol. The Morgan fingerprint density at radius 2 is 1.87 bits per heavy atom. The van der Waals surface area contributed by atoms with Gasteiger partial charge in [0.15, 0.2) is 0 Å². The maximum Gasteiger partial charge on any atom is 0.273 e. The lowest BCUT2D eigenvalue weighted by Gasteiger charge is -2.10. The molecule has 0 amide bonds. The molecule has 1 aliphatic rings. The highest BCUT2D eigenvalue weighted by molar-refractivity contribution is 7.88. The number of hydrogen-bond donors (Lipinski definition) is 0. The van der Waals surface area contributed by atoms with Gasteiger partial charge < -0.3 is 0 Å². The molecule has 1 aromatic rings. The summed E-state index contributed by atoms with van der Waals surface area (Å²) in [5.74, 6) is 0. The molecule has 4 heteroatoms. The van der Waals surface area contributed by atoms with Gasteiger partial charge in [-0.25, -0.2) is 0 Å². The third-order valence-electron chi connectivity index (χ3n) is 2.78. The van der Waals surface area contributed by atoms with Crippen molar-refractivity contribution < 1.29 is 12.6 Å². The topological polar surface area (TPSA) is 43.4 Å². The highest BCUT2D eigenvalue weighted by Crippen LogP contribution is 2.43. The van der Waals surface area contributed by atoms with E-state index in [0.29, 0.717) is 12.8 Å². The van der Waals surface area contributed by atoms with E-state index in [9.17, 15) is 8.42 Å². The van der Waals surface area contributed by atoms with Crippen LogP contribution in [0.2, 0.25) is 0 Å². The molecular formula is C11H14O3S. The van der Waals surface area contributed by atoms with Crippen LogP contribution in [-0.4, -0.2) is 13.2 Å². The molecule has 1 aliphatic carbocycles. The molecule has 1 fully saturated rings. The molecule has 3 nitrogen and oxygen atoms in total. The first-order chi connectivity index (χ1) is 7.04. The normalized spacial score (nSPS) is 18.7. The van der Waals surface area contributed by atoms with Crippen molar-refractivity contribution in [2.75, 3.05) is 0 Å². The summed E-state index contributed by atoms with van der Waals surface area (Å²) in [7, 11) is -3.38. The Bertz CT molecular complexity index is 432. The van der Waals surface area contributed by atoms with Crippen LogP contribution in [0, 0.1) is 0 Å². The van der Waals surface area contributed by atoms with Crippen molar-refractivity contribution in [1.82, 2.24) is 0 Å². The molecular weight excluding hydrogens is 212 g/mol. The van der Waals surface area contributed by atoms with Crippen LogP contribution in [0.5, 0.6) is 0 Å². The van der Waals surface area contributed by atoms with Crippen LogP contribution < -0.4 is 0 Å². The summed E-state index contributed by atoms with van der Waals surface area (Å²) in [4.78, 5) is 0. The van der Waals surface area contributed by atoms with Crippen molar-refractivity contribution in [2.45, 2.75) is 31.1 Å². The van der Waals surface area contributed by atoms with Gasteiger partial charge in [0.2, 0.25) is 0 Å². The Morgan fingerprint density at radius 3 is 2.40 bits per heavy atom.